The fourth-order valence-corrected chi connectivity index (χ4v) is 9.69. The third-order valence-corrected chi connectivity index (χ3v) is 11.8. The molecule has 0 radical (unpaired) electrons. The molecule has 3 aliphatic carbocycles. The smallest absolute Gasteiger partial charge is 0.389 e. The van der Waals surface area contributed by atoms with Crippen molar-refractivity contribution in [2.75, 3.05) is 6.61 Å². The van der Waals surface area contributed by atoms with Crippen molar-refractivity contribution >= 4 is 5.97 Å². The molecule has 3 aliphatic rings. The molecule has 0 aliphatic heterocycles. The first kappa shape index (κ1) is 36.8. The van der Waals surface area contributed by atoms with Crippen molar-refractivity contribution in [3.63, 3.8) is 0 Å². The minimum Gasteiger partial charge on any atom is -0.508 e. The SMILES string of the molecule is CCCC1CC2C3CCc4cc(O)ccc4C3[C@@H](CC/C=C/CCCCC(CCCCCC(F)(F)F)C(=O)OCC)CC2(C)C1O. The van der Waals surface area contributed by atoms with Crippen LogP contribution < -0.4 is 0 Å². The van der Waals surface area contributed by atoms with Crippen LogP contribution in [0.5, 0.6) is 5.75 Å². The number of hydrogen-bond acceptors (Lipinski definition) is 4. The van der Waals surface area contributed by atoms with E-state index in [2.05, 4.69) is 32.1 Å². The van der Waals surface area contributed by atoms with Crippen LogP contribution in [-0.4, -0.2) is 35.1 Å². The van der Waals surface area contributed by atoms with Crippen LogP contribution >= 0.6 is 0 Å². The molecule has 2 saturated carbocycles. The van der Waals surface area contributed by atoms with Gasteiger partial charge in [-0.25, -0.2) is 0 Å². The summed E-state index contributed by atoms with van der Waals surface area (Å²) in [4.78, 5) is 12.4. The Kier molecular flexibility index (Phi) is 13.5. The molecule has 7 heteroatoms. The molecular weight excluding hydrogens is 589 g/mol. The van der Waals surface area contributed by atoms with E-state index in [1.807, 2.05) is 12.1 Å². The molecule has 2 fully saturated rings. The van der Waals surface area contributed by atoms with Gasteiger partial charge < -0.3 is 14.9 Å². The summed E-state index contributed by atoms with van der Waals surface area (Å²) in [6.45, 7) is 6.70. The number of allylic oxidation sites excluding steroid dienone is 2. The number of phenolic OH excluding ortho intramolecular Hbond substituents is 1. The van der Waals surface area contributed by atoms with Gasteiger partial charge in [0.25, 0.3) is 0 Å². The summed E-state index contributed by atoms with van der Waals surface area (Å²) in [5.41, 5.74) is 2.70. The van der Waals surface area contributed by atoms with Crippen molar-refractivity contribution < 1.29 is 32.9 Å². The van der Waals surface area contributed by atoms with Gasteiger partial charge in [0, 0.05) is 6.42 Å². The zero-order chi connectivity index (χ0) is 33.3. The van der Waals surface area contributed by atoms with Crippen LogP contribution in [0.3, 0.4) is 0 Å². The van der Waals surface area contributed by atoms with Gasteiger partial charge in [-0.2, -0.15) is 13.2 Å². The summed E-state index contributed by atoms with van der Waals surface area (Å²) in [6.07, 6.45) is 13.4. The topological polar surface area (TPSA) is 66.8 Å². The highest BCUT2D eigenvalue weighted by Gasteiger charge is 2.59. The van der Waals surface area contributed by atoms with E-state index in [0.29, 0.717) is 67.6 Å². The van der Waals surface area contributed by atoms with Crippen LogP contribution in [0.4, 0.5) is 13.2 Å². The maximum absolute atomic E-state index is 12.4. The molecule has 0 saturated heterocycles. The Morgan fingerprint density at radius 2 is 1.78 bits per heavy atom. The number of carbonyl (C=O) groups is 1. The summed E-state index contributed by atoms with van der Waals surface area (Å²) >= 11 is 0. The fourth-order valence-electron chi connectivity index (χ4n) is 9.69. The number of ether oxygens (including phenoxy) is 1. The third-order valence-electron chi connectivity index (χ3n) is 11.8. The minimum atomic E-state index is -4.11. The van der Waals surface area contributed by atoms with Crippen molar-refractivity contribution in [1.82, 2.24) is 0 Å². The van der Waals surface area contributed by atoms with Crippen LogP contribution in [0.1, 0.15) is 141 Å². The second kappa shape index (κ2) is 16.9. The van der Waals surface area contributed by atoms with Gasteiger partial charge in [-0.15, -0.1) is 0 Å². The fraction of sp³-hybridized carbons (Fsp3) is 0.769. The maximum Gasteiger partial charge on any atom is 0.389 e. The van der Waals surface area contributed by atoms with Gasteiger partial charge in [-0.1, -0.05) is 57.7 Å². The summed E-state index contributed by atoms with van der Waals surface area (Å²) in [5, 5.41) is 21.8. The number of alkyl halides is 3. The number of carbonyl (C=O) groups excluding carboxylic acids is 1. The lowest BCUT2D eigenvalue weighted by atomic mass is 9.51. The van der Waals surface area contributed by atoms with Crippen LogP contribution in [0.2, 0.25) is 0 Å². The minimum absolute atomic E-state index is 0.0302. The number of unbranched alkanes of at least 4 members (excludes halogenated alkanes) is 4. The monoisotopic (exact) mass is 648 g/mol. The predicted octanol–water partition coefficient (Wildman–Crippen LogP) is 10.5. The van der Waals surface area contributed by atoms with E-state index in [-0.39, 0.29) is 29.8 Å². The third kappa shape index (κ3) is 9.32. The van der Waals surface area contributed by atoms with Crippen molar-refractivity contribution in [2.45, 2.75) is 148 Å². The van der Waals surface area contributed by atoms with Crippen LogP contribution in [0, 0.1) is 35.0 Å². The zero-order valence-corrected chi connectivity index (χ0v) is 28.5. The second-order valence-corrected chi connectivity index (χ2v) is 14.9. The Labute approximate surface area is 275 Å². The molecule has 0 bridgehead atoms. The van der Waals surface area contributed by atoms with E-state index in [1.54, 1.807) is 6.92 Å². The Balaban J connectivity index is 1.29. The number of hydrogen-bond donors (Lipinski definition) is 2. The molecule has 260 valence electrons. The van der Waals surface area contributed by atoms with E-state index in [0.717, 1.165) is 70.6 Å². The number of aryl methyl sites for hydroxylation is 1. The molecule has 8 atom stereocenters. The number of aliphatic hydroxyl groups excluding tert-OH is 1. The first-order chi connectivity index (χ1) is 22.0. The van der Waals surface area contributed by atoms with E-state index in [9.17, 15) is 28.2 Å². The summed E-state index contributed by atoms with van der Waals surface area (Å²) in [5.74, 6) is 2.41. The van der Waals surface area contributed by atoms with E-state index >= 15 is 0 Å². The number of halogens is 3. The molecule has 0 spiro atoms. The van der Waals surface area contributed by atoms with Crippen molar-refractivity contribution in [1.29, 1.82) is 0 Å². The Morgan fingerprint density at radius 3 is 2.50 bits per heavy atom. The zero-order valence-electron chi connectivity index (χ0n) is 28.5. The highest BCUT2D eigenvalue weighted by atomic mass is 19.4. The molecule has 2 N–H and O–H groups in total. The molecule has 0 amide bonds. The van der Waals surface area contributed by atoms with Gasteiger partial charge in [-0.05, 0) is 142 Å². The van der Waals surface area contributed by atoms with Crippen molar-refractivity contribution in [3.05, 3.63) is 41.5 Å². The summed E-state index contributed by atoms with van der Waals surface area (Å²) < 4.78 is 42.5. The van der Waals surface area contributed by atoms with E-state index in [4.69, 9.17) is 4.74 Å². The average molecular weight is 649 g/mol. The number of aromatic hydroxyl groups is 1. The molecule has 4 nitrogen and oxygen atoms in total. The number of rotatable bonds is 17. The lowest BCUT2D eigenvalue weighted by Crippen LogP contribution is -2.48. The van der Waals surface area contributed by atoms with E-state index < -0.39 is 12.6 Å². The van der Waals surface area contributed by atoms with Gasteiger partial charge in [-0.3, -0.25) is 4.79 Å². The van der Waals surface area contributed by atoms with Crippen LogP contribution in [-0.2, 0) is 16.0 Å². The van der Waals surface area contributed by atoms with E-state index in [1.165, 1.54) is 11.1 Å². The molecule has 4 rings (SSSR count). The largest absolute Gasteiger partial charge is 0.508 e. The number of esters is 1. The van der Waals surface area contributed by atoms with Crippen LogP contribution in [0.15, 0.2) is 30.4 Å². The Morgan fingerprint density at radius 1 is 1.04 bits per heavy atom. The average Bonchev–Trinajstić information content (AvgIpc) is 3.25. The Bertz CT molecular complexity index is 1130. The molecule has 7 unspecified atom stereocenters. The van der Waals surface area contributed by atoms with Gasteiger partial charge in [0.2, 0.25) is 0 Å². The first-order valence-corrected chi connectivity index (χ1v) is 18.4. The van der Waals surface area contributed by atoms with Crippen molar-refractivity contribution in [2.24, 2.45) is 35.0 Å². The number of benzene rings is 1. The predicted molar refractivity (Wildman–Crippen MR) is 177 cm³/mol. The van der Waals surface area contributed by atoms with Gasteiger partial charge in [0.1, 0.15) is 5.75 Å². The summed E-state index contributed by atoms with van der Waals surface area (Å²) in [7, 11) is 0. The highest BCUT2D eigenvalue weighted by molar-refractivity contribution is 5.72. The van der Waals surface area contributed by atoms with Gasteiger partial charge >= 0.3 is 12.1 Å². The lowest BCUT2D eigenvalue weighted by Gasteiger charge is -2.54. The Hall–Kier alpha value is -2.02. The highest BCUT2D eigenvalue weighted by Crippen LogP contribution is 2.65. The molecule has 1 aromatic rings. The summed E-state index contributed by atoms with van der Waals surface area (Å²) in [6, 6.07) is 6.00. The van der Waals surface area contributed by atoms with Crippen LogP contribution in [0.25, 0.3) is 0 Å². The standard InChI is InChI=1S/C39H59F3O4/c1-4-15-29-25-34-33-21-19-28-24-31(43)20-22-32(28)35(33)30(26-38(34,3)36(29)44)18-12-9-7-6-8-11-16-27(37(45)46-5-2)17-13-10-14-23-39(40,41)42/h7,9,20,22,24,27,29-30,33-36,43-44H,4-6,8,10-19,21,23,25-26H2,1-3H3/b9-7+/t27?,29?,30-,33?,34?,35?,36?,38?/m0/s1. The molecule has 1 aromatic carbocycles. The quantitative estimate of drug-likeness (QED) is 0.100. The first-order valence-electron chi connectivity index (χ1n) is 18.4. The maximum atomic E-state index is 12.4. The molecule has 0 aromatic heterocycles. The second-order valence-electron chi connectivity index (χ2n) is 14.9. The molecule has 46 heavy (non-hydrogen) atoms. The van der Waals surface area contributed by atoms with Gasteiger partial charge in [0.15, 0.2) is 0 Å². The molecular formula is C39H59F3O4. The van der Waals surface area contributed by atoms with Crippen molar-refractivity contribution in [3.8, 4) is 5.75 Å². The normalized spacial score (nSPS) is 29.7. The molecule has 0 heterocycles. The number of phenols is 1. The lowest BCUT2D eigenvalue weighted by molar-refractivity contribution is -0.148. The van der Waals surface area contributed by atoms with Gasteiger partial charge in [0.05, 0.1) is 18.6 Å². The number of aliphatic hydroxyl groups is 1. The number of fused-ring (bicyclic) bond motifs is 5.